The predicted molar refractivity (Wildman–Crippen MR) is 90.4 cm³/mol. The molecule has 22 heavy (non-hydrogen) atoms. The number of nitrogens with two attached hydrogens (primary N) is 2. The third-order valence-corrected chi connectivity index (χ3v) is 4.98. The van der Waals surface area contributed by atoms with Crippen molar-refractivity contribution in [3.63, 3.8) is 0 Å². The Labute approximate surface area is 133 Å². The highest BCUT2D eigenvalue weighted by molar-refractivity contribution is 5.82. The van der Waals surface area contributed by atoms with E-state index in [-0.39, 0.29) is 11.4 Å². The summed E-state index contributed by atoms with van der Waals surface area (Å²) in [6, 6.07) is 7.83. The molecule has 0 aliphatic carbocycles. The maximum Gasteiger partial charge on any atom is 0.239 e. The number of hydrogen-bond acceptors (Lipinski definition) is 3. The number of benzene rings is 1. The van der Waals surface area contributed by atoms with Crippen molar-refractivity contribution in [2.45, 2.75) is 57.5 Å². The van der Waals surface area contributed by atoms with Gasteiger partial charge in [-0.3, -0.25) is 4.79 Å². The van der Waals surface area contributed by atoms with Crippen molar-refractivity contribution in [1.82, 2.24) is 4.90 Å². The van der Waals surface area contributed by atoms with Gasteiger partial charge in [-0.1, -0.05) is 38.1 Å². The van der Waals surface area contributed by atoms with E-state index in [1.54, 1.807) is 0 Å². The lowest BCUT2D eigenvalue weighted by atomic mass is 9.85. The van der Waals surface area contributed by atoms with E-state index < -0.39 is 6.04 Å². The molecule has 4 nitrogen and oxygen atoms in total. The first kappa shape index (κ1) is 17.0. The second-order valence-electron chi connectivity index (χ2n) is 6.40. The quantitative estimate of drug-likeness (QED) is 0.846. The predicted octanol–water partition coefficient (Wildman–Crippen LogP) is 2.15. The van der Waals surface area contributed by atoms with Crippen molar-refractivity contribution in [2.75, 3.05) is 13.1 Å². The molecular formula is C18H29N3O. The number of carbonyl (C=O) groups is 1. The second-order valence-corrected chi connectivity index (χ2v) is 6.40. The van der Waals surface area contributed by atoms with Crippen LogP contribution in [0.3, 0.4) is 0 Å². The van der Waals surface area contributed by atoms with Crippen LogP contribution in [0.15, 0.2) is 24.3 Å². The topological polar surface area (TPSA) is 72.3 Å². The van der Waals surface area contributed by atoms with Crippen LogP contribution >= 0.6 is 0 Å². The average Bonchev–Trinajstić information content (AvgIpc) is 3.08. The maximum atomic E-state index is 12.2. The van der Waals surface area contributed by atoms with Crippen molar-refractivity contribution in [2.24, 2.45) is 11.5 Å². The van der Waals surface area contributed by atoms with Crippen LogP contribution in [-0.2, 0) is 16.8 Å². The zero-order valence-electron chi connectivity index (χ0n) is 13.8. The first-order chi connectivity index (χ1) is 10.5. The Bertz CT molecular complexity index is 488. The first-order valence-corrected chi connectivity index (χ1v) is 8.43. The van der Waals surface area contributed by atoms with Gasteiger partial charge in [0.05, 0.1) is 6.04 Å². The van der Waals surface area contributed by atoms with Crippen LogP contribution in [0.2, 0.25) is 0 Å². The monoisotopic (exact) mass is 303 g/mol. The number of rotatable bonds is 6. The third kappa shape index (κ3) is 3.68. The highest BCUT2D eigenvalue weighted by Crippen LogP contribution is 2.26. The number of nitrogens with zero attached hydrogens (tertiary/aromatic N) is 1. The zero-order chi connectivity index (χ0) is 16.2. The van der Waals surface area contributed by atoms with E-state index in [2.05, 4.69) is 38.1 Å². The largest absolute Gasteiger partial charge is 0.341 e. The van der Waals surface area contributed by atoms with E-state index in [1.807, 2.05) is 4.90 Å². The molecule has 0 aromatic heterocycles. The SMILES string of the molecule is CCC(N)(CC)c1ccc(CC(N)C(=O)N2CCCC2)cc1. The van der Waals surface area contributed by atoms with Crippen LogP contribution in [0.5, 0.6) is 0 Å². The normalized spacial score (nSPS) is 16.8. The van der Waals surface area contributed by atoms with E-state index in [4.69, 9.17) is 11.5 Å². The highest BCUT2D eigenvalue weighted by atomic mass is 16.2. The summed E-state index contributed by atoms with van der Waals surface area (Å²) >= 11 is 0. The summed E-state index contributed by atoms with van der Waals surface area (Å²) in [5.74, 6) is 0.0804. The van der Waals surface area contributed by atoms with Gasteiger partial charge in [0.25, 0.3) is 0 Å². The summed E-state index contributed by atoms with van der Waals surface area (Å²) in [5.41, 5.74) is 14.5. The summed E-state index contributed by atoms with van der Waals surface area (Å²) < 4.78 is 0. The molecule has 0 spiro atoms. The van der Waals surface area contributed by atoms with Gasteiger partial charge in [0.15, 0.2) is 0 Å². The Morgan fingerprint density at radius 1 is 1.18 bits per heavy atom. The molecule has 4 N–H and O–H groups in total. The molecule has 1 aromatic rings. The summed E-state index contributed by atoms with van der Waals surface area (Å²) in [4.78, 5) is 14.1. The van der Waals surface area contributed by atoms with E-state index in [0.29, 0.717) is 6.42 Å². The van der Waals surface area contributed by atoms with Crippen molar-refractivity contribution in [3.8, 4) is 0 Å². The summed E-state index contributed by atoms with van der Waals surface area (Å²) in [5, 5.41) is 0. The molecule has 0 bridgehead atoms. The van der Waals surface area contributed by atoms with E-state index in [0.717, 1.165) is 49.9 Å². The molecule has 0 saturated carbocycles. The van der Waals surface area contributed by atoms with Crippen LogP contribution in [0.4, 0.5) is 0 Å². The number of likely N-dealkylation sites (tertiary alicyclic amines) is 1. The fraction of sp³-hybridized carbons (Fsp3) is 0.611. The molecule has 1 amide bonds. The average molecular weight is 303 g/mol. The Balaban J connectivity index is 2.00. The van der Waals surface area contributed by atoms with Crippen molar-refractivity contribution in [3.05, 3.63) is 35.4 Å². The Kier molecular flexibility index (Phi) is 5.59. The van der Waals surface area contributed by atoms with E-state index in [1.165, 1.54) is 0 Å². The lowest BCUT2D eigenvalue weighted by molar-refractivity contribution is -0.131. The molecule has 1 atom stereocenters. The molecule has 122 valence electrons. The minimum absolute atomic E-state index is 0.0804. The van der Waals surface area contributed by atoms with Gasteiger partial charge in [0.2, 0.25) is 5.91 Å². The molecule has 1 saturated heterocycles. The molecule has 1 unspecified atom stereocenters. The number of amides is 1. The molecule has 1 aliphatic rings. The fourth-order valence-electron chi connectivity index (χ4n) is 3.14. The smallest absolute Gasteiger partial charge is 0.239 e. The highest BCUT2D eigenvalue weighted by Gasteiger charge is 2.25. The lowest BCUT2D eigenvalue weighted by Crippen LogP contribution is -2.43. The minimum Gasteiger partial charge on any atom is -0.341 e. The van der Waals surface area contributed by atoms with Gasteiger partial charge in [0, 0.05) is 18.6 Å². The van der Waals surface area contributed by atoms with Crippen LogP contribution in [0.25, 0.3) is 0 Å². The second kappa shape index (κ2) is 7.25. The molecule has 1 aliphatic heterocycles. The molecular weight excluding hydrogens is 274 g/mol. The van der Waals surface area contributed by atoms with Crippen molar-refractivity contribution in [1.29, 1.82) is 0 Å². The Morgan fingerprint density at radius 3 is 2.23 bits per heavy atom. The Morgan fingerprint density at radius 2 is 1.73 bits per heavy atom. The zero-order valence-corrected chi connectivity index (χ0v) is 13.8. The first-order valence-electron chi connectivity index (χ1n) is 8.43. The van der Waals surface area contributed by atoms with Gasteiger partial charge in [-0.15, -0.1) is 0 Å². The summed E-state index contributed by atoms with van der Waals surface area (Å²) in [7, 11) is 0. The third-order valence-electron chi connectivity index (χ3n) is 4.98. The van der Waals surface area contributed by atoms with Crippen LogP contribution < -0.4 is 11.5 Å². The molecule has 2 rings (SSSR count). The molecule has 1 heterocycles. The number of hydrogen-bond donors (Lipinski definition) is 2. The van der Waals surface area contributed by atoms with Gasteiger partial charge >= 0.3 is 0 Å². The standard InChI is InChI=1S/C18H29N3O/c1-3-18(20,4-2)15-9-7-14(8-10-15)13-16(19)17(22)21-11-5-6-12-21/h7-10,16H,3-6,11-13,19-20H2,1-2H3. The van der Waals surface area contributed by atoms with Gasteiger partial charge < -0.3 is 16.4 Å². The summed E-state index contributed by atoms with van der Waals surface area (Å²) in [6.45, 7) is 5.94. The van der Waals surface area contributed by atoms with Gasteiger partial charge in [0.1, 0.15) is 0 Å². The van der Waals surface area contributed by atoms with Gasteiger partial charge in [-0.25, -0.2) is 0 Å². The van der Waals surface area contributed by atoms with Crippen molar-refractivity contribution >= 4 is 5.91 Å². The lowest BCUT2D eigenvalue weighted by Gasteiger charge is -2.27. The van der Waals surface area contributed by atoms with E-state index in [9.17, 15) is 4.79 Å². The fourth-order valence-corrected chi connectivity index (χ4v) is 3.14. The van der Waals surface area contributed by atoms with Crippen molar-refractivity contribution < 1.29 is 4.79 Å². The Hall–Kier alpha value is -1.39. The summed E-state index contributed by atoms with van der Waals surface area (Å²) in [6.07, 6.45) is 4.61. The van der Waals surface area contributed by atoms with Gasteiger partial charge in [-0.2, -0.15) is 0 Å². The maximum absolute atomic E-state index is 12.2. The van der Waals surface area contributed by atoms with E-state index >= 15 is 0 Å². The van der Waals surface area contributed by atoms with Crippen LogP contribution in [-0.4, -0.2) is 29.9 Å². The van der Waals surface area contributed by atoms with Crippen LogP contribution in [0.1, 0.15) is 50.7 Å². The van der Waals surface area contributed by atoms with Crippen LogP contribution in [0, 0.1) is 0 Å². The molecule has 0 radical (unpaired) electrons. The molecule has 1 aromatic carbocycles. The molecule has 4 heteroatoms. The van der Waals surface area contributed by atoms with Gasteiger partial charge in [-0.05, 0) is 43.2 Å². The minimum atomic E-state index is -0.441. The molecule has 1 fully saturated rings. The number of carbonyl (C=O) groups excluding carboxylic acids is 1.